The van der Waals surface area contributed by atoms with Gasteiger partial charge in [-0.05, 0) is 109 Å². The number of halogens is 2. The zero-order valence-electron chi connectivity index (χ0n) is 34.4. The Morgan fingerprint density at radius 1 is 0.603 bits per heavy atom. The molecule has 4 aromatic rings. The molecule has 0 unspecified atom stereocenters. The Balaban J connectivity index is 0.000000221. The van der Waals surface area contributed by atoms with E-state index in [1.165, 1.54) is 38.5 Å². The number of fused-ring (bicyclic) bond motifs is 2. The molecule has 0 saturated heterocycles. The molecule has 2 N–H and O–H groups in total. The first-order valence-corrected chi connectivity index (χ1v) is 23.5. The van der Waals surface area contributed by atoms with Crippen LogP contribution in [0, 0.1) is 22.5 Å². The average molecular weight is 841 g/mol. The van der Waals surface area contributed by atoms with E-state index in [0.717, 1.165) is 25.7 Å². The molecule has 8 nitrogen and oxygen atoms in total. The number of hydrogen-bond donors (Lipinski definition) is 2. The third-order valence-electron chi connectivity index (χ3n) is 12.5. The molecule has 0 fully saturated rings. The minimum Gasteiger partial charge on any atom is -0.497 e. The first-order valence-electron chi connectivity index (χ1n) is 20.2. The topological polar surface area (TPSA) is 127 Å². The lowest BCUT2D eigenvalue weighted by Gasteiger charge is -2.39. The molecule has 0 amide bonds. The molecule has 316 valence electrons. The number of aliphatic hydroxyl groups excluding tert-OH is 2. The van der Waals surface area contributed by atoms with E-state index in [9.17, 15) is 35.8 Å². The van der Waals surface area contributed by atoms with Gasteiger partial charge in [0.05, 0.1) is 47.7 Å². The Bertz CT molecular complexity index is 2250. The summed E-state index contributed by atoms with van der Waals surface area (Å²) >= 11 is 0. The molecule has 2 aliphatic rings. The van der Waals surface area contributed by atoms with E-state index in [2.05, 4.69) is 6.92 Å². The first-order chi connectivity index (χ1) is 27.6. The van der Waals surface area contributed by atoms with E-state index in [1.807, 2.05) is 20.8 Å². The molecule has 6 rings (SSSR count). The number of sulfone groups is 2. The fourth-order valence-corrected chi connectivity index (χ4v) is 13.6. The van der Waals surface area contributed by atoms with Crippen LogP contribution in [0.25, 0.3) is 0 Å². The van der Waals surface area contributed by atoms with Crippen LogP contribution in [0.5, 0.6) is 11.5 Å². The SMILES string of the molecule is CCCC[C@]1(CC)CS(=O)(=O)c2ccc(OC)cc2[C@@H](c2ccc(F)cc2)[C@H]1O.CCCC[C@]1(CC)CS(=O)(=O)c2ccc(OC)cc2[C@H](c2cccc(F)c2)[C@@H]1O. The Labute approximate surface area is 343 Å². The predicted octanol–water partition coefficient (Wildman–Crippen LogP) is 9.40. The molecular formula is C46H58F2O8S2. The van der Waals surface area contributed by atoms with Gasteiger partial charge in [0.2, 0.25) is 0 Å². The second-order valence-corrected chi connectivity index (χ2v) is 19.8. The minimum atomic E-state index is -3.65. The molecule has 4 aromatic carbocycles. The van der Waals surface area contributed by atoms with Crippen molar-refractivity contribution in [3.8, 4) is 11.5 Å². The van der Waals surface area contributed by atoms with E-state index < -0.39 is 60.4 Å². The lowest BCUT2D eigenvalue weighted by Crippen LogP contribution is -2.42. The average Bonchev–Trinajstić information content (AvgIpc) is 3.33. The van der Waals surface area contributed by atoms with Crippen molar-refractivity contribution in [2.75, 3.05) is 25.7 Å². The summed E-state index contributed by atoms with van der Waals surface area (Å²) in [5.41, 5.74) is 0.654. The van der Waals surface area contributed by atoms with Gasteiger partial charge in [-0.3, -0.25) is 0 Å². The zero-order valence-corrected chi connectivity index (χ0v) is 36.0. The van der Waals surface area contributed by atoms with Crippen LogP contribution in [-0.2, 0) is 19.7 Å². The number of aliphatic hydroxyl groups is 2. The molecule has 0 bridgehead atoms. The maximum absolute atomic E-state index is 14.1. The summed E-state index contributed by atoms with van der Waals surface area (Å²) in [4.78, 5) is 0.414. The highest BCUT2D eigenvalue weighted by atomic mass is 32.2. The van der Waals surface area contributed by atoms with Crippen LogP contribution >= 0.6 is 0 Å². The summed E-state index contributed by atoms with van der Waals surface area (Å²) in [7, 11) is -4.24. The van der Waals surface area contributed by atoms with Gasteiger partial charge < -0.3 is 19.7 Å². The van der Waals surface area contributed by atoms with E-state index in [1.54, 1.807) is 60.7 Å². The van der Waals surface area contributed by atoms with Crippen LogP contribution in [0.4, 0.5) is 8.78 Å². The van der Waals surface area contributed by atoms with Crippen LogP contribution in [-0.4, -0.2) is 65.0 Å². The minimum absolute atomic E-state index is 0.102. The van der Waals surface area contributed by atoms with Gasteiger partial charge in [-0.25, -0.2) is 25.6 Å². The number of methoxy groups -OCH3 is 2. The second kappa shape index (κ2) is 18.6. The Kier molecular flexibility index (Phi) is 14.5. The Morgan fingerprint density at radius 3 is 1.45 bits per heavy atom. The molecule has 6 atom stereocenters. The van der Waals surface area contributed by atoms with Crippen molar-refractivity contribution in [1.29, 1.82) is 0 Å². The summed E-state index contributed by atoms with van der Waals surface area (Å²) in [6, 6.07) is 21.8. The smallest absolute Gasteiger partial charge is 0.179 e. The highest BCUT2D eigenvalue weighted by Gasteiger charge is 2.50. The van der Waals surface area contributed by atoms with Crippen LogP contribution < -0.4 is 9.47 Å². The van der Waals surface area contributed by atoms with E-state index in [-0.39, 0.29) is 27.1 Å². The quantitative estimate of drug-likeness (QED) is 0.145. The van der Waals surface area contributed by atoms with Gasteiger partial charge in [0.25, 0.3) is 0 Å². The number of rotatable bonds is 12. The molecule has 58 heavy (non-hydrogen) atoms. The summed E-state index contributed by atoms with van der Waals surface area (Å²) in [6.07, 6.45) is 3.83. The van der Waals surface area contributed by atoms with Crippen molar-refractivity contribution in [3.05, 3.63) is 119 Å². The van der Waals surface area contributed by atoms with Gasteiger partial charge in [0.1, 0.15) is 23.1 Å². The Morgan fingerprint density at radius 2 is 1.05 bits per heavy atom. The van der Waals surface area contributed by atoms with Crippen molar-refractivity contribution in [2.45, 2.75) is 113 Å². The number of ether oxygens (including phenoxy) is 2. The fourth-order valence-electron chi connectivity index (χ4n) is 9.06. The molecule has 2 aliphatic heterocycles. The Hall–Kier alpha value is -3.84. The van der Waals surface area contributed by atoms with Gasteiger partial charge in [-0.15, -0.1) is 0 Å². The second-order valence-electron chi connectivity index (χ2n) is 15.9. The molecule has 0 aliphatic carbocycles. The third-order valence-corrected chi connectivity index (χ3v) is 16.5. The molecule has 0 aromatic heterocycles. The molecule has 2 heterocycles. The van der Waals surface area contributed by atoms with Gasteiger partial charge in [-0.2, -0.15) is 0 Å². The summed E-state index contributed by atoms with van der Waals surface area (Å²) in [5.74, 6) is -1.23. The van der Waals surface area contributed by atoms with Crippen LogP contribution in [0.2, 0.25) is 0 Å². The van der Waals surface area contributed by atoms with Crippen LogP contribution in [0.1, 0.15) is 113 Å². The predicted molar refractivity (Wildman–Crippen MR) is 223 cm³/mol. The van der Waals surface area contributed by atoms with Crippen molar-refractivity contribution >= 4 is 19.7 Å². The van der Waals surface area contributed by atoms with Crippen molar-refractivity contribution in [3.63, 3.8) is 0 Å². The zero-order chi connectivity index (χ0) is 42.5. The number of hydrogen-bond acceptors (Lipinski definition) is 8. The highest BCUT2D eigenvalue weighted by molar-refractivity contribution is 7.91. The van der Waals surface area contributed by atoms with Gasteiger partial charge in [0, 0.05) is 22.7 Å². The van der Waals surface area contributed by atoms with Crippen molar-refractivity contribution in [1.82, 2.24) is 0 Å². The first kappa shape index (κ1) is 45.2. The highest BCUT2D eigenvalue weighted by Crippen LogP contribution is 2.51. The van der Waals surface area contributed by atoms with Gasteiger partial charge in [0.15, 0.2) is 19.7 Å². The monoisotopic (exact) mass is 840 g/mol. The molecule has 0 radical (unpaired) electrons. The van der Waals surface area contributed by atoms with Crippen LogP contribution in [0.3, 0.4) is 0 Å². The van der Waals surface area contributed by atoms with E-state index in [4.69, 9.17) is 9.47 Å². The third kappa shape index (κ3) is 9.15. The van der Waals surface area contributed by atoms with Crippen LogP contribution in [0.15, 0.2) is 94.7 Å². The summed E-state index contributed by atoms with van der Waals surface area (Å²) in [5, 5.41) is 23.3. The van der Waals surface area contributed by atoms with E-state index in [0.29, 0.717) is 59.4 Å². The standard InChI is InChI=1S/2C23H29FO4S/c1-4-6-13-23(5-2)15-29(26,27)20-12-11-18(28-3)14-19(20)21(22(23)25)16-7-9-17(24)10-8-16;1-4-6-12-23(5-2)15-29(26,27)20-11-10-18(28-3)14-19(20)21(22(23)25)16-8-7-9-17(24)13-16/h7-12,14,21-22,25H,4-6,13,15H2,1-3H3;7-11,13-14,21-22,25H,4-6,12,15H2,1-3H3/t21-,22-,23-;21-,22-,23+/m10/s1. The lowest BCUT2D eigenvalue weighted by atomic mass is 9.69. The van der Waals surface area contributed by atoms with Crippen molar-refractivity contribution in [2.24, 2.45) is 10.8 Å². The maximum Gasteiger partial charge on any atom is 0.179 e. The lowest BCUT2D eigenvalue weighted by molar-refractivity contribution is 0.0173. The maximum atomic E-state index is 14.1. The molecular weight excluding hydrogens is 783 g/mol. The summed E-state index contributed by atoms with van der Waals surface area (Å²) < 4.78 is 91.9. The van der Waals surface area contributed by atoms with E-state index >= 15 is 0 Å². The molecule has 12 heteroatoms. The number of benzene rings is 4. The number of unbranched alkanes of at least 4 members (excludes halogenated alkanes) is 2. The van der Waals surface area contributed by atoms with Crippen molar-refractivity contribution < 1.29 is 45.3 Å². The normalized spacial score (nSPS) is 25.8. The molecule has 0 spiro atoms. The summed E-state index contributed by atoms with van der Waals surface area (Å²) in [6.45, 7) is 7.96. The molecule has 0 saturated carbocycles. The largest absolute Gasteiger partial charge is 0.497 e. The van der Waals surface area contributed by atoms with Gasteiger partial charge in [-0.1, -0.05) is 77.6 Å². The van der Waals surface area contributed by atoms with Gasteiger partial charge >= 0.3 is 0 Å². The fraction of sp³-hybridized carbons (Fsp3) is 0.478.